The molecule has 3 N–H and O–H groups in total. The van der Waals surface area contributed by atoms with Gasteiger partial charge in [-0.3, -0.25) is 0 Å². The van der Waals surface area contributed by atoms with Crippen LogP contribution in [0.3, 0.4) is 0 Å². The van der Waals surface area contributed by atoms with Crippen molar-refractivity contribution in [1.82, 2.24) is 0 Å². The molecule has 1 fully saturated rings. The van der Waals surface area contributed by atoms with E-state index in [-0.39, 0.29) is 5.41 Å². The minimum absolute atomic E-state index is 0.210. The lowest BCUT2D eigenvalue weighted by Crippen LogP contribution is -2.56. The SMILES string of the molecule is NCC1(C2(O)CCOC2)CCc2ccccc2C1. The van der Waals surface area contributed by atoms with E-state index in [4.69, 9.17) is 10.5 Å². The molecule has 0 aromatic heterocycles. The lowest BCUT2D eigenvalue weighted by molar-refractivity contribution is -0.0897. The zero-order valence-corrected chi connectivity index (χ0v) is 10.7. The minimum Gasteiger partial charge on any atom is -0.387 e. The molecule has 1 aliphatic heterocycles. The molecule has 3 nitrogen and oxygen atoms in total. The molecule has 1 saturated heterocycles. The van der Waals surface area contributed by atoms with Crippen molar-refractivity contribution in [3.8, 4) is 0 Å². The van der Waals surface area contributed by atoms with Crippen molar-refractivity contribution in [3.63, 3.8) is 0 Å². The predicted molar refractivity (Wildman–Crippen MR) is 70.3 cm³/mol. The Morgan fingerprint density at radius 2 is 2.00 bits per heavy atom. The van der Waals surface area contributed by atoms with Crippen LogP contribution in [0.5, 0.6) is 0 Å². The van der Waals surface area contributed by atoms with Crippen molar-refractivity contribution < 1.29 is 9.84 Å². The summed E-state index contributed by atoms with van der Waals surface area (Å²) in [5.74, 6) is 0. The summed E-state index contributed by atoms with van der Waals surface area (Å²) in [6.45, 7) is 1.62. The standard InChI is InChI=1S/C15H21NO2/c16-10-14(15(17)7-8-18-11-15)6-5-12-3-1-2-4-13(12)9-14/h1-4,17H,5-11,16H2. The average Bonchev–Trinajstić information content (AvgIpc) is 2.86. The van der Waals surface area contributed by atoms with E-state index in [1.165, 1.54) is 11.1 Å². The highest BCUT2D eigenvalue weighted by Crippen LogP contribution is 2.46. The van der Waals surface area contributed by atoms with E-state index < -0.39 is 5.60 Å². The summed E-state index contributed by atoms with van der Waals surface area (Å²) in [5.41, 5.74) is 7.84. The summed E-state index contributed by atoms with van der Waals surface area (Å²) >= 11 is 0. The topological polar surface area (TPSA) is 55.5 Å². The van der Waals surface area contributed by atoms with E-state index in [1.807, 2.05) is 0 Å². The highest BCUT2D eigenvalue weighted by molar-refractivity contribution is 5.32. The molecule has 0 bridgehead atoms. The van der Waals surface area contributed by atoms with Crippen LogP contribution in [0.4, 0.5) is 0 Å². The van der Waals surface area contributed by atoms with Crippen LogP contribution in [-0.2, 0) is 17.6 Å². The lowest BCUT2D eigenvalue weighted by Gasteiger charge is -2.47. The van der Waals surface area contributed by atoms with Crippen molar-refractivity contribution in [2.45, 2.75) is 31.3 Å². The summed E-state index contributed by atoms with van der Waals surface area (Å²) < 4.78 is 5.42. The van der Waals surface area contributed by atoms with Gasteiger partial charge in [-0.2, -0.15) is 0 Å². The number of ether oxygens (including phenoxy) is 1. The second kappa shape index (κ2) is 4.34. The minimum atomic E-state index is -0.741. The summed E-state index contributed by atoms with van der Waals surface area (Å²) in [7, 11) is 0. The van der Waals surface area contributed by atoms with Gasteiger partial charge in [-0.25, -0.2) is 0 Å². The summed E-state index contributed by atoms with van der Waals surface area (Å²) in [6.07, 6.45) is 3.56. The Hall–Kier alpha value is -0.900. The van der Waals surface area contributed by atoms with Gasteiger partial charge in [0.25, 0.3) is 0 Å². The second-order valence-corrected chi connectivity index (χ2v) is 5.76. The van der Waals surface area contributed by atoms with E-state index in [1.54, 1.807) is 0 Å². The van der Waals surface area contributed by atoms with E-state index in [0.717, 1.165) is 19.3 Å². The van der Waals surface area contributed by atoms with Crippen molar-refractivity contribution >= 4 is 0 Å². The van der Waals surface area contributed by atoms with Crippen LogP contribution in [0.25, 0.3) is 0 Å². The Labute approximate surface area is 108 Å². The third kappa shape index (κ3) is 1.69. The molecule has 3 rings (SSSR count). The molecule has 0 radical (unpaired) electrons. The first-order chi connectivity index (χ1) is 8.69. The zero-order chi connectivity index (χ0) is 12.6. The third-order valence-corrected chi connectivity index (χ3v) is 4.90. The maximum atomic E-state index is 10.9. The van der Waals surface area contributed by atoms with Gasteiger partial charge in [0.15, 0.2) is 0 Å². The Bertz CT molecular complexity index is 440. The van der Waals surface area contributed by atoms with Crippen LogP contribution >= 0.6 is 0 Å². The average molecular weight is 247 g/mol. The van der Waals surface area contributed by atoms with Gasteiger partial charge in [0.2, 0.25) is 0 Å². The fraction of sp³-hybridized carbons (Fsp3) is 0.600. The van der Waals surface area contributed by atoms with Crippen molar-refractivity contribution in [3.05, 3.63) is 35.4 Å². The largest absolute Gasteiger partial charge is 0.387 e. The van der Waals surface area contributed by atoms with E-state index in [2.05, 4.69) is 24.3 Å². The maximum absolute atomic E-state index is 10.9. The first-order valence-corrected chi connectivity index (χ1v) is 6.76. The van der Waals surface area contributed by atoms with Crippen molar-refractivity contribution in [2.75, 3.05) is 19.8 Å². The molecule has 98 valence electrons. The Morgan fingerprint density at radius 1 is 1.22 bits per heavy atom. The molecule has 0 saturated carbocycles. The van der Waals surface area contributed by atoms with Crippen LogP contribution in [0.2, 0.25) is 0 Å². The van der Waals surface area contributed by atoms with Gasteiger partial charge < -0.3 is 15.6 Å². The van der Waals surface area contributed by atoms with E-state index in [0.29, 0.717) is 26.2 Å². The second-order valence-electron chi connectivity index (χ2n) is 5.76. The molecule has 0 amide bonds. The molecule has 3 heteroatoms. The molecule has 18 heavy (non-hydrogen) atoms. The fourth-order valence-corrected chi connectivity index (χ4v) is 3.53. The number of aryl methyl sites for hydroxylation is 1. The first-order valence-electron chi connectivity index (χ1n) is 6.76. The normalized spacial score (nSPS) is 35.4. The number of fused-ring (bicyclic) bond motifs is 1. The molecule has 2 atom stereocenters. The van der Waals surface area contributed by atoms with Crippen LogP contribution in [-0.4, -0.2) is 30.5 Å². The Morgan fingerprint density at radius 3 is 2.67 bits per heavy atom. The predicted octanol–water partition coefficient (Wildman–Crippen LogP) is 1.27. The van der Waals surface area contributed by atoms with Crippen LogP contribution < -0.4 is 5.73 Å². The number of nitrogens with two attached hydrogens (primary N) is 1. The van der Waals surface area contributed by atoms with Gasteiger partial charge in [-0.15, -0.1) is 0 Å². The van der Waals surface area contributed by atoms with Crippen LogP contribution in [0, 0.1) is 5.41 Å². The molecule has 1 aromatic rings. The Kier molecular flexibility index (Phi) is 2.93. The summed E-state index contributed by atoms with van der Waals surface area (Å²) in [6, 6.07) is 8.51. The summed E-state index contributed by atoms with van der Waals surface area (Å²) in [4.78, 5) is 0. The number of aliphatic hydroxyl groups is 1. The van der Waals surface area contributed by atoms with Crippen LogP contribution in [0.15, 0.2) is 24.3 Å². The number of hydrogen-bond acceptors (Lipinski definition) is 3. The van der Waals surface area contributed by atoms with Gasteiger partial charge in [-0.05, 0) is 30.4 Å². The van der Waals surface area contributed by atoms with Gasteiger partial charge in [0.05, 0.1) is 12.2 Å². The molecule has 2 unspecified atom stereocenters. The van der Waals surface area contributed by atoms with E-state index in [9.17, 15) is 5.11 Å². The highest BCUT2D eigenvalue weighted by Gasteiger charge is 2.52. The number of benzene rings is 1. The molecule has 0 spiro atoms. The molecule has 1 aliphatic carbocycles. The summed E-state index contributed by atoms with van der Waals surface area (Å²) in [5, 5.41) is 10.9. The highest BCUT2D eigenvalue weighted by atomic mass is 16.5. The molecule has 1 heterocycles. The smallest absolute Gasteiger partial charge is 0.0973 e. The number of rotatable bonds is 2. The zero-order valence-electron chi connectivity index (χ0n) is 10.7. The number of hydrogen-bond donors (Lipinski definition) is 2. The first kappa shape index (κ1) is 12.2. The molecule has 2 aliphatic rings. The van der Waals surface area contributed by atoms with Crippen molar-refractivity contribution in [1.29, 1.82) is 0 Å². The molecular formula is C15H21NO2. The van der Waals surface area contributed by atoms with Crippen molar-refractivity contribution in [2.24, 2.45) is 11.1 Å². The maximum Gasteiger partial charge on any atom is 0.0973 e. The molecular weight excluding hydrogens is 226 g/mol. The van der Waals surface area contributed by atoms with Crippen LogP contribution in [0.1, 0.15) is 24.0 Å². The van der Waals surface area contributed by atoms with Gasteiger partial charge >= 0.3 is 0 Å². The third-order valence-electron chi connectivity index (χ3n) is 4.90. The van der Waals surface area contributed by atoms with Gasteiger partial charge in [0.1, 0.15) is 0 Å². The van der Waals surface area contributed by atoms with Gasteiger partial charge in [0, 0.05) is 25.0 Å². The quantitative estimate of drug-likeness (QED) is 0.827. The Balaban J connectivity index is 1.95. The fourth-order valence-electron chi connectivity index (χ4n) is 3.53. The van der Waals surface area contributed by atoms with Gasteiger partial charge in [-0.1, -0.05) is 24.3 Å². The monoisotopic (exact) mass is 247 g/mol. The lowest BCUT2D eigenvalue weighted by atomic mass is 9.61. The molecule has 1 aromatic carbocycles. The van der Waals surface area contributed by atoms with E-state index >= 15 is 0 Å².